The summed E-state index contributed by atoms with van der Waals surface area (Å²) in [5, 5.41) is 3.17. The summed E-state index contributed by atoms with van der Waals surface area (Å²) in [5.74, 6) is -0.197. The second-order valence-corrected chi connectivity index (χ2v) is 3.64. The molecular formula is C12H18N2O2. The van der Waals surface area contributed by atoms with E-state index < -0.39 is 0 Å². The topological polar surface area (TPSA) is 64.3 Å². The van der Waals surface area contributed by atoms with E-state index in [2.05, 4.69) is 5.32 Å². The third-order valence-electron chi connectivity index (χ3n) is 2.14. The van der Waals surface area contributed by atoms with E-state index in [0.717, 1.165) is 5.69 Å². The van der Waals surface area contributed by atoms with Crippen molar-refractivity contribution in [2.45, 2.75) is 26.3 Å². The average molecular weight is 222 g/mol. The molecule has 0 aromatic heterocycles. The number of rotatable bonds is 5. The van der Waals surface area contributed by atoms with Gasteiger partial charge in [0.25, 0.3) is 0 Å². The summed E-state index contributed by atoms with van der Waals surface area (Å²) in [4.78, 5) is 11.2. The first-order valence-corrected chi connectivity index (χ1v) is 5.40. The van der Waals surface area contributed by atoms with Crippen LogP contribution >= 0.6 is 0 Å². The van der Waals surface area contributed by atoms with E-state index in [1.165, 1.54) is 0 Å². The molecule has 0 aliphatic carbocycles. The minimum Gasteiger partial charge on any atom is -0.466 e. The highest BCUT2D eigenvalue weighted by Gasteiger charge is 2.10. The summed E-state index contributed by atoms with van der Waals surface area (Å²) < 4.78 is 4.87. The quantitative estimate of drug-likeness (QED) is 0.591. The van der Waals surface area contributed by atoms with Gasteiger partial charge in [-0.1, -0.05) is 12.1 Å². The standard InChI is InChI=1S/C12H18N2O2/c1-3-16-12(15)8-9(2)14-11-7-5-4-6-10(11)13/h4-7,9,14H,3,8,13H2,1-2H3/t9-/m0/s1. The number of hydrogen-bond donors (Lipinski definition) is 2. The van der Waals surface area contributed by atoms with Crippen molar-refractivity contribution in [2.75, 3.05) is 17.7 Å². The SMILES string of the molecule is CCOC(=O)C[C@H](C)Nc1ccccc1N. The second kappa shape index (κ2) is 6.00. The third kappa shape index (κ3) is 3.81. The number of nitrogens with one attached hydrogen (secondary N) is 1. The highest BCUT2D eigenvalue weighted by Crippen LogP contribution is 2.18. The van der Waals surface area contributed by atoms with Gasteiger partial charge in [-0.15, -0.1) is 0 Å². The lowest BCUT2D eigenvalue weighted by molar-refractivity contribution is -0.143. The Kier molecular flexibility index (Phi) is 4.64. The minimum atomic E-state index is -0.197. The largest absolute Gasteiger partial charge is 0.466 e. The highest BCUT2D eigenvalue weighted by atomic mass is 16.5. The predicted molar refractivity (Wildman–Crippen MR) is 65.2 cm³/mol. The maximum atomic E-state index is 11.2. The van der Waals surface area contributed by atoms with Crippen molar-refractivity contribution in [3.05, 3.63) is 24.3 Å². The number of ether oxygens (including phenoxy) is 1. The number of hydrogen-bond acceptors (Lipinski definition) is 4. The zero-order chi connectivity index (χ0) is 12.0. The first kappa shape index (κ1) is 12.4. The smallest absolute Gasteiger partial charge is 0.307 e. The van der Waals surface area contributed by atoms with Gasteiger partial charge >= 0.3 is 5.97 Å². The number of carbonyl (C=O) groups excluding carboxylic acids is 1. The molecule has 0 amide bonds. The van der Waals surface area contributed by atoms with Crippen LogP contribution in [0.2, 0.25) is 0 Å². The Hall–Kier alpha value is -1.71. The molecule has 0 unspecified atom stereocenters. The molecule has 0 heterocycles. The molecule has 4 heteroatoms. The van der Waals surface area contributed by atoms with Crippen LogP contribution in [-0.2, 0) is 9.53 Å². The first-order chi connectivity index (χ1) is 7.63. The molecule has 0 saturated carbocycles. The summed E-state index contributed by atoms with van der Waals surface area (Å²) in [7, 11) is 0. The van der Waals surface area contributed by atoms with Crippen LogP contribution in [0.3, 0.4) is 0 Å². The Morgan fingerprint density at radius 1 is 1.50 bits per heavy atom. The first-order valence-electron chi connectivity index (χ1n) is 5.40. The average Bonchev–Trinajstić information content (AvgIpc) is 2.21. The van der Waals surface area contributed by atoms with Crippen LogP contribution in [0.1, 0.15) is 20.3 Å². The lowest BCUT2D eigenvalue weighted by Gasteiger charge is -2.15. The van der Waals surface area contributed by atoms with Gasteiger partial charge in [0.1, 0.15) is 0 Å². The molecular weight excluding hydrogens is 204 g/mol. The molecule has 0 spiro atoms. The molecule has 0 aliphatic heterocycles. The van der Waals surface area contributed by atoms with Crippen molar-refractivity contribution in [1.82, 2.24) is 0 Å². The van der Waals surface area contributed by atoms with E-state index >= 15 is 0 Å². The molecule has 4 nitrogen and oxygen atoms in total. The van der Waals surface area contributed by atoms with E-state index in [1.54, 1.807) is 6.92 Å². The van der Waals surface area contributed by atoms with E-state index in [-0.39, 0.29) is 12.0 Å². The summed E-state index contributed by atoms with van der Waals surface area (Å²) in [5.41, 5.74) is 7.31. The Morgan fingerprint density at radius 2 is 2.19 bits per heavy atom. The number of esters is 1. The van der Waals surface area contributed by atoms with Gasteiger partial charge in [0, 0.05) is 6.04 Å². The van der Waals surface area contributed by atoms with Gasteiger partial charge in [-0.3, -0.25) is 4.79 Å². The van der Waals surface area contributed by atoms with Crippen molar-refractivity contribution in [2.24, 2.45) is 0 Å². The summed E-state index contributed by atoms with van der Waals surface area (Å²) in [6.07, 6.45) is 0.335. The van der Waals surface area contributed by atoms with Gasteiger partial charge < -0.3 is 15.8 Å². The Balaban J connectivity index is 2.48. The molecule has 1 atom stereocenters. The lowest BCUT2D eigenvalue weighted by Crippen LogP contribution is -2.21. The van der Waals surface area contributed by atoms with Crippen LogP contribution < -0.4 is 11.1 Å². The normalized spacial score (nSPS) is 11.9. The number of para-hydroxylation sites is 2. The molecule has 0 saturated heterocycles. The number of nitrogen functional groups attached to an aromatic ring is 1. The van der Waals surface area contributed by atoms with Crippen molar-refractivity contribution >= 4 is 17.3 Å². The highest BCUT2D eigenvalue weighted by molar-refractivity contribution is 5.72. The van der Waals surface area contributed by atoms with E-state index in [0.29, 0.717) is 18.7 Å². The molecule has 16 heavy (non-hydrogen) atoms. The van der Waals surface area contributed by atoms with Crippen molar-refractivity contribution in [3.8, 4) is 0 Å². The van der Waals surface area contributed by atoms with Crippen LogP contribution in [0.25, 0.3) is 0 Å². The fourth-order valence-corrected chi connectivity index (χ4v) is 1.41. The van der Waals surface area contributed by atoms with E-state index in [9.17, 15) is 4.79 Å². The molecule has 0 fully saturated rings. The fourth-order valence-electron chi connectivity index (χ4n) is 1.41. The minimum absolute atomic E-state index is 0.00347. The molecule has 0 radical (unpaired) electrons. The van der Waals surface area contributed by atoms with Crippen molar-refractivity contribution in [3.63, 3.8) is 0 Å². The number of carbonyl (C=O) groups is 1. The van der Waals surface area contributed by atoms with Gasteiger partial charge in [-0.05, 0) is 26.0 Å². The second-order valence-electron chi connectivity index (χ2n) is 3.64. The number of anilines is 2. The Labute approximate surface area is 95.8 Å². The molecule has 1 aromatic rings. The predicted octanol–water partition coefficient (Wildman–Crippen LogP) is 2.02. The zero-order valence-corrected chi connectivity index (χ0v) is 9.69. The lowest BCUT2D eigenvalue weighted by atomic mass is 10.2. The molecule has 0 aliphatic rings. The number of nitrogens with two attached hydrogens (primary N) is 1. The Morgan fingerprint density at radius 3 is 2.81 bits per heavy atom. The fraction of sp³-hybridized carbons (Fsp3) is 0.417. The molecule has 3 N–H and O–H groups in total. The van der Waals surface area contributed by atoms with Crippen LogP contribution in [0.15, 0.2) is 24.3 Å². The molecule has 88 valence electrons. The van der Waals surface area contributed by atoms with Crippen molar-refractivity contribution in [1.29, 1.82) is 0 Å². The van der Waals surface area contributed by atoms with E-state index in [1.807, 2.05) is 31.2 Å². The van der Waals surface area contributed by atoms with E-state index in [4.69, 9.17) is 10.5 Å². The van der Waals surface area contributed by atoms with Gasteiger partial charge in [0.15, 0.2) is 0 Å². The zero-order valence-electron chi connectivity index (χ0n) is 9.69. The molecule has 1 aromatic carbocycles. The molecule has 1 rings (SSSR count). The van der Waals surface area contributed by atoms with Crippen LogP contribution in [-0.4, -0.2) is 18.6 Å². The summed E-state index contributed by atoms with van der Waals surface area (Å²) >= 11 is 0. The van der Waals surface area contributed by atoms with Crippen LogP contribution in [0.5, 0.6) is 0 Å². The third-order valence-corrected chi connectivity index (χ3v) is 2.14. The monoisotopic (exact) mass is 222 g/mol. The van der Waals surface area contributed by atoms with Gasteiger partial charge in [-0.25, -0.2) is 0 Å². The van der Waals surface area contributed by atoms with Gasteiger partial charge in [0.2, 0.25) is 0 Å². The van der Waals surface area contributed by atoms with Crippen molar-refractivity contribution < 1.29 is 9.53 Å². The summed E-state index contributed by atoms with van der Waals surface area (Å²) in [6.45, 7) is 4.13. The number of benzene rings is 1. The summed E-state index contributed by atoms with van der Waals surface area (Å²) in [6, 6.07) is 7.48. The van der Waals surface area contributed by atoms with Crippen LogP contribution in [0.4, 0.5) is 11.4 Å². The molecule has 0 bridgehead atoms. The maximum absolute atomic E-state index is 11.2. The van der Waals surface area contributed by atoms with Crippen LogP contribution in [0, 0.1) is 0 Å². The van der Waals surface area contributed by atoms with Gasteiger partial charge in [0.05, 0.1) is 24.4 Å². The Bertz CT molecular complexity index is 353. The van der Waals surface area contributed by atoms with Gasteiger partial charge in [-0.2, -0.15) is 0 Å². The maximum Gasteiger partial charge on any atom is 0.307 e.